The molecule has 3 rings (SSSR count). The summed E-state index contributed by atoms with van der Waals surface area (Å²) in [6.07, 6.45) is 1.65. The van der Waals surface area contributed by atoms with Crippen LogP contribution < -0.4 is 10.0 Å². The van der Waals surface area contributed by atoms with Crippen molar-refractivity contribution in [2.45, 2.75) is 11.8 Å². The van der Waals surface area contributed by atoms with Crippen LogP contribution in [0.25, 0.3) is 10.9 Å². The van der Waals surface area contributed by atoms with Gasteiger partial charge in [-0.15, -0.1) is 0 Å². The zero-order valence-corrected chi connectivity index (χ0v) is 13.0. The largest absolute Gasteiger partial charge is 0.333 e. The summed E-state index contributed by atoms with van der Waals surface area (Å²) in [5.74, 6) is 0. The van der Waals surface area contributed by atoms with Gasteiger partial charge in [0.1, 0.15) is 0 Å². The normalized spacial score (nSPS) is 11.3. The molecule has 2 amide bonds. The molecule has 0 radical (unpaired) electrons. The first-order valence-electron chi connectivity index (χ1n) is 6.78. The number of nitrogens with zero attached hydrogens (tertiary/aromatic N) is 1. The maximum absolute atomic E-state index is 12.1. The first-order valence-corrected chi connectivity index (χ1v) is 8.26. The lowest BCUT2D eigenvalue weighted by molar-refractivity contribution is 0.256. The van der Waals surface area contributed by atoms with E-state index in [0.29, 0.717) is 5.69 Å². The highest BCUT2D eigenvalue weighted by molar-refractivity contribution is 7.90. The number of hydrogen-bond donors (Lipinski definition) is 3. The van der Waals surface area contributed by atoms with E-state index >= 15 is 0 Å². The summed E-state index contributed by atoms with van der Waals surface area (Å²) in [5, 5.41) is 10.0. The highest BCUT2D eigenvalue weighted by Crippen LogP contribution is 2.16. The fourth-order valence-corrected chi connectivity index (χ4v) is 2.98. The lowest BCUT2D eigenvalue weighted by Crippen LogP contribution is -2.34. The Labute approximate surface area is 132 Å². The number of aryl methyl sites for hydroxylation is 1. The fraction of sp³-hybridized carbons (Fsp3) is 0.0667. The van der Waals surface area contributed by atoms with E-state index in [1.54, 1.807) is 36.5 Å². The zero-order valence-electron chi connectivity index (χ0n) is 12.2. The number of H-pyrrole nitrogens is 1. The molecule has 0 bridgehead atoms. The molecule has 0 saturated carbocycles. The minimum absolute atomic E-state index is 0.0299. The number of aromatic nitrogens is 2. The molecule has 0 saturated heterocycles. The summed E-state index contributed by atoms with van der Waals surface area (Å²) in [7, 11) is -3.91. The van der Waals surface area contributed by atoms with E-state index in [-0.39, 0.29) is 4.90 Å². The van der Waals surface area contributed by atoms with Crippen LogP contribution in [-0.4, -0.2) is 24.6 Å². The second-order valence-corrected chi connectivity index (χ2v) is 6.73. The molecule has 8 heteroatoms. The SMILES string of the molecule is Cc1ccc(S(=O)(=O)NC(=O)Nc2ccc3cn[nH]c3c2)cc1. The summed E-state index contributed by atoms with van der Waals surface area (Å²) in [6.45, 7) is 1.85. The van der Waals surface area contributed by atoms with E-state index in [9.17, 15) is 13.2 Å². The maximum atomic E-state index is 12.1. The van der Waals surface area contributed by atoms with Gasteiger partial charge in [0.05, 0.1) is 16.6 Å². The van der Waals surface area contributed by atoms with E-state index < -0.39 is 16.1 Å². The topological polar surface area (TPSA) is 104 Å². The highest BCUT2D eigenvalue weighted by atomic mass is 32.2. The summed E-state index contributed by atoms with van der Waals surface area (Å²) in [4.78, 5) is 11.9. The van der Waals surface area contributed by atoms with E-state index in [1.165, 1.54) is 12.1 Å². The monoisotopic (exact) mass is 330 g/mol. The molecule has 0 aliphatic rings. The second kappa shape index (κ2) is 5.73. The van der Waals surface area contributed by atoms with Crippen molar-refractivity contribution in [1.29, 1.82) is 0 Å². The molecule has 3 aromatic rings. The van der Waals surface area contributed by atoms with Crippen LogP contribution in [0, 0.1) is 6.92 Å². The number of anilines is 1. The number of nitrogens with one attached hydrogen (secondary N) is 3. The average Bonchev–Trinajstić information content (AvgIpc) is 2.94. The molecular weight excluding hydrogens is 316 g/mol. The average molecular weight is 330 g/mol. The Kier molecular flexibility index (Phi) is 3.75. The molecular formula is C15H14N4O3S. The summed E-state index contributed by atoms with van der Waals surface area (Å²) >= 11 is 0. The van der Waals surface area contributed by atoms with Crippen LogP contribution >= 0.6 is 0 Å². The minimum Gasteiger partial charge on any atom is -0.307 e. The van der Waals surface area contributed by atoms with Crippen molar-refractivity contribution in [3.05, 3.63) is 54.2 Å². The molecule has 0 atom stereocenters. The van der Waals surface area contributed by atoms with Gasteiger partial charge < -0.3 is 5.32 Å². The number of sulfonamides is 1. The third kappa shape index (κ3) is 3.32. The lowest BCUT2D eigenvalue weighted by Gasteiger charge is -2.09. The highest BCUT2D eigenvalue weighted by Gasteiger charge is 2.17. The smallest absolute Gasteiger partial charge is 0.307 e. The van der Waals surface area contributed by atoms with E-state index in [4.69, 9.17) is 0 Å². The molecule has 0 aliphatic carbocycles. The Bertz CT molecular complexity index is 962. The number of carbonyl (C=O) groups excluding carboxylic acids is 1. The van der Waals surface area contributed by atoms with Crippen LogP contribution in [0.2, 0.25) is 0 Å². The fourth-order valence-electron chi connectivity index (χ4n) is 2.07. The zero-order chi connectivity index (χ0) is 16.4. The van der Waals surface area contributed by atoms with Crippen molar-refractivity contribution < 1.29 is 13.2 Å². The van der Waals surface area contributed by atoms with Gasteiger partial charge in [0, 0.05) is 11.1 Å². The van der Waals surface area contributed by atoms with Crippen molar-refractivity contribution >= 4 is 32.6 Å². The van der Waals surface area contributed by atoms with Crippen LogP contribution in [0.15, 0.2) is 53.6 Å². The van der Waals surface area contributed by atoms with E-state index in [2.05, 4.69) is 15.5 Å². The van der Waals surface area contributed by atoms with Gasteiger partial charge in [0.2, 0.25) is 0 Å². The molecule has 23 heavy (non-hydrogen) atoms. The predicted octanol–water partition coefficient (Wildman–Crippen LogP) is 2.38. The Morgan fingerprint density at radius 3 is 2.61 bits per heavy atom. The van der Waals surface area contributed by atoms with Crippen LogP contribution in [-0.2, 0) is 10.0 Å². The molecule has 1 heterocycles. The Hall–Kier alpha value is -2.87. The number of urea groups is 1. The molecule has 0 spiro atoms. The first kappa shape index (κ1) is 15.0. The summed E-state index contributed by atoms with van der Waals surface area (Å²) in [6, 6.07) is 10.5. The van der Waals surface area contributed by atoms with Gasteiger partial charge in [0.15, 0.2) is 0 Å². The van der Waals surface area contributed by atoms with Gasteiger partial charge in [-0.2, -0.15) is 5.10 Å². The van der Waals surface area contributed by atoms with E-state index in [0.717, 1.165) is 16.5 Å². The number of carbonyl (C=O) groups is 1. The van der Waals surface area contributed by atoms with Gasteiger partial charge in [-0.3, -0.25) is 5.10 Å². The predicted molar refractivity (Wildman–Crippen MR) is 86.6 cm³/mol. The molecule has 118 valence electrons. The molecule has 3 N–H and O–H groups in total. The molecule has 0 unspecified atom stereocenters. The third-order valence-corrected chi connectivity index (χ3v) is 4.61. The number of amides is 2. The summed E-state index contributed by atoms with van der Waals surface area (Å²) in [5.41, 5.74) is 2.13. The number of fused-ring (bicyclic) bond motifs is 1. The van der Waals surface area contributed by atoms with Crippen LogP contribution in [0.1, 0.15) is 5.56 Å². The van der Waals surface area contributed by atoms with Crippen molar-refractivity contribution in [2.24, 2.45) is 0 Å². The van der Waals surface area contributed by atoms with Crippen molar-refractivity contribution in [3.8, 4) is 0 Å². The molecule has 7 nitrogen and oxygen atoms in total. The van der Waals surface area contributed by atoms with Crippen molar-refractivity contribution in [1.82, 2.24) is 14.9 Å². The second-order valence-electron chi connectivity index (χ2n) is 5.04. The first-order chi connectivity index (χ1) is 10.9. The van der Waals surface area contributed by atoms with Gasteiger partial charge in [-0.25, -0.2) is 17.9 Å². The third-order valence-electron chi connectivity index (χ3n) is 3.26. The van der Waals surface area contributed by atoms with E-state index in [1.807, 2.05) is 11.6 Å². The van der Waals surface area contributed by atoms with Gasteiger partial charge >= 0.3 is 6.03 Å². The number of benzene rings is 2. The van der Waals surface area contributed by atoms with Gasteiger partial charge in [-0.05, 0) is 37.3 Å². The number of rotatable bonds is 3. The summed E-state index contributed by atoms with van der Waals surface area (Å²) < 4.78 is 26.2. The minimum atomic E-state index is -3.91. The Morgan fingerprint density at radius 1 is 1.13 bits per heavy atom. The van der Waals surface area contributed by atoms with Crippen molar-refractivity contribution in [3.63, 3.8) is 0 Å². The molecule has 1 aromatic heterocycles. The van der Waals surface area contributed by atoms with Crippen LogP contribution in [0.5, 0.6) is 0 Å². The molecule has 2 aromatic carbocycles. The van der Waals surface area contributed by atoms with Gasteiger partial charge in [-0.1, -0.05) is 17.7 Å². The standard InChI is InChI=1S/C15H14N4O3S/c1-10-2-6-13(7-3-10)23(21,22)19-15(20)17-12-5-4-11-9-16-18-14(11)8-12/h2-9H,1H3,(H,16,18)(H2,17,19,20). The number of aromatic amines is 1. The van der Waals surface area contributed by atoms with Crippen molar-refractivity contribution in [2.75, 3.05) is 5.32 Å². The number of hydrogen-bond acceptors (Lipinski definition) is 4. The van der Waals surface area contributed by atoms with Crippen LogP contribution in [0.4, 0.5) is 10.5 Å². The van der Waals surface area contributed by atoms with Gasteiger partial charge in [0.25, 0.3) is 10.0 Å². The molecule has 0 fully saturated rings. The Morgan fingerprint density at radius 2 is 1.87 bits per heavy atom. The lowest BCUT2D eigenvalue weighted by atomic mass is 10.2. The Balaban J connectivity index is 1.74. The van der Waals surface area contributed by atoms with Crippen LogP contribution in [0.3, 0.4) is 0 Å². The molecule has 0 aliphatic heterocycles. The quantitative estimate of drug-likeness (QED) is 0.686. The maximum Gasteiger partial charge on any atom is 0.333 e.